The number of hydrogen-bond donors (Lipinski definition) is 1. The lowest BCUT2D eigenvalue weighted by molar-refractivity contribution is 1.14. The average molecular weight is 310 g/mol. The molecule has 3 heteroatoms. The molecule has 0 aliphatic carbocycles. The summed E-state index contributed by atoms with van der Waals surface area (Å²) in [7, 11) is 0. The van der Waals surface area contributed by atoms with E-state index in [-0.39, 0.29) is 0 Å². The maximum Gasteiger partial charge on any atom is 0.0487 e. The zero-order chi connectivity index (χ0) is 12.4. The number of hydrogen-bond acceptors (Lipinski definition) is 2. The zero-order valence-corrected chi connectivity index (χ0v) is 12.7. The Hall–Kier alpha value is -0.800. The normalized spacial score (nSPS) is 10.6. The third-order valence-electron chi connectivity index (χ3n) is 2.74. The Bertz CT molecular complexity index is 531. The van der Waals surface area contributed by atoms with Gasteiger partial charge >= 0.3 is 0 Å². The molecule has 0 spiro atoms. The van der Waals surface area contributed by atoms with E-state index in [1.807, 2.05) is 11.3 Å². The van der Waals surface area contributed by atoms with Gasteiger partial charge < -0.3 is 5.32 Å². The van der Waals surface area contributed by atoms with Crippen LogP contribution in [0, 0.1) is 20.8 Å². The van der Waals surface area contributed by atoms with E-state index in [1.165, 1.54) is 20.9 Å². The summed E-state index contributed by atoms with van der Waals surface area (Å²) >= 11 is 5.44. The van der Waals surface area contributed by atoms with E-state index in [2.05, 4.69) is 66.3 Å². The third kappa shape index (κ3) is 3.11. The molecule has 90 valence electrons. The van der Waals surface area contributed by atoms with Crippen molar-refractivity contribution in [2.75, 3.05) is 5.32 Å². The maximum absolute atomic E-state index is 3.58. The fourth-order valence-electron chi connectivity index (χ4n) is 1.81. The lowest BCUT2D eigenvalue weighted by Crippen LogP contribution is -2.00. The minimum Gasteiger partial charge on any atom is -0.380 e. The molecular weight excluding hydrogens is 294 g/mol. The standard InChI is InChI=1S/C14H16BrNS/c1-9-4-5-14(13(15)6-9)16-8-12-7-10(2)17-11(12)3/h4-7,16H,8H2,1-3H3. The van der Waals surface area contributed by atoms with Crippen LogP contribution in [0.5, 0.6) is 0 Å². The summed E-state index contributed by atoms with van der Waals surface area (Å²) in [6, 6.07) is 8.63. The molecule has 17 heavy (non-hydrogen) atoms. The Kier molecular flexibility index (Phi) is 3.89. The maximum atomic E-state index is 3.58. The largest absolute Gasteiger partial charge is 0.380 e. The van der Waals surface area contributed by atoms with Crippen molar-refractivity contribution in [2.45, 2.75) is 27.3 Å². The summed E-state index contributed by atoms with van der Waals surface area (Å²) in [6.07, 6.45) is 0. The van der Waals surface area contributed by atoms with Crippen LogP contribution in [0.15, 0.2) is 28.7 Å². The molecule has 1 nitrogen and oxygen atoms in total. The first-order valence-corrected chi connectivity index (χ1v) is 7.23. The second kappa shape index (κ2) is 5.23. The van der Waals surface area contributed by atoms with Gasteiger partial charge in [-0.05, 0) is 66.0 Å². The van der Waals surface area contributed by atoms with Crippen LogP contribution in [0.1, 0.15) is 20.9 Å². The van der Waals surface area contributed by atoms with Crippen molar-refractivity contribution in [3.8, 4) is 0 Å². The van der Waals surface area contributed by atoms with Crippen LogP contribution in [0.4, 0.5) is 5.69 Å². The summed E-state index contributed by atoms with van der Waals surface area (Å²) < 4.78 is 1.13. The first-order chi connectivity index (χ1) is 8.06. The highest BCUT2D eigenvalue weighted by Gasteiger charge is 2.04. The number of thiophene rings is 1. The first-order valence-electron chi connectivity index (χ1n) is 5.62. The topological polar surface area (TPSA) is 12.0 Å². The number of anilines is 1. The fraction of sp³-hybridized carbons (Fsp3) is 0.286. The molecule has 2 aromatic rings. The van der Waals surface area contributed by atoms with E-state index in [0.29, 0.717) is 0 Å². The quantitative estimate of drug-likeness (QED) is 0.836. The second-order valence-corrected chi connectivity index (χ2v) is 6.59. The molecule has 0 saturated carbocycles. The Morgan fingerprint density at radius 1 is 1.18 bits per heavy atom. The van der Waals surface area contributed by atoms with E-state index in [1.54, 1.807) is 0 Å². The highest BCUT2D eigenvalue weighted by Crippen LogP contribution is 2.26. The van der Waals surface area contributed by atoms with E-state index >= 15 is 0 Å². The molecule has 0 atom stereocenters. The first kappa shape index (κ1) is 12.7. The molecule has 0 aliphatic heterocycles. The summed E-state index contributed by atoms with van der Waals surface area (Å²) in [5.41, 5.74) is 3.81. The number of halogens is 1. The number of rotatable bonds is 3. The molecular formula is C14H16BrNS. The predicted molar refractivity (Wildman–Crippen MR) is 80.0 cm³/mol. The minimum atomic E-state index is 0.887. The summed E-state index contributed by atoms with van der Waals surface area (Å²) in [5, 5.41) is 3.47. The lowest BCUT2D eigenvalue weighted by Gasteiger charge is -2.09. The van der Waals surface area contributed by atoms with Crippen LogP contribution in [-0.4, -0.2) is 0 Å². The molecule has 1 N–H and O–H groups in total. The van der Waals surface area contributed by atoms with Crippen LogP contribution >= 0.6 is 27.3 Å². The number of nitrogens with one attached hydrogen (secondary N) is 1. The van der Waals surface area contributed by atoms with Crippen molar-refractivity contribution in [3.05, 3.63) is 49.6 Å². The van der Waals surface area contributed by atoms with E-state index in [0.717, 1.165) is 16.7 Å². The van der Waals surface area contributed by atoms with Crippen LogP contribution < -0.4 is 5.32 Å². The minimum absolute atomic E-state index is 0.887. The number of aryl methyl sites for hydroxylation is 3. The van der Waals surface area contributed by atoms with Crippen LogP contribution in [-0.2, 0) is 6.54 Å². The summed E-state index contributed by atoms with van der Waals surface area (Å²) in [6.45, 7) is 7.32. The Morgan fingerprint density at radius 2 is 1.94 bits per heavy atom. The third-order valence-corrected chi connectivity index (χ3v) is 4.40. The Morgan fingerprint density at radius 3 is 2.53 bits per heavy atom. The highest BCUT2D eigenvalue weighted by molar-refractivity contribution is 9.10. The molecule has 2 rings (SSSR count). The lowest BCUT2D eigenvalue weighted by atomic mass is 10.2. The Labute approximate surface area is 115 Å². The van der Waals surface area contributed by atoms with E-state index in [4.69, 9.17) is 0 Å². The van der Waals surface area contributed by atoms with Gasteiger partial charge in [-0.25, -0.2) is 0 Å². The van der Waals surface area contributed by atoms with Gasteiger partial charge in [0.2, 0.25) is 0 Å². The van der Waals surface area contributed by atoms with Gasteiger partial charge in [0.05, 0.1) is 0 Å². The van der Waals surface area contributed by atoms with Crippen molar-refractivity contribution in [1.82, 2.24) is 0 Å². The van der Waals surface area contributed by atoms with Crippen molar-refractivity contribution < 1.29 is 0 Å². The number of benzene rings is 1. The van der Waals surface area contributed by atoms with Gasteiger partial charge in [0.1, 0.15) is 0 Å². The van der Waals surface area contributed by atoms with E-state index < -0.39 is 0 Å². The van der Waals surface area contributed by atoms with Crippen molar-refractivity contribution in [2.24, 2.45) is 0 Å². The predicted octanol–water partition coefficient (Wildman–Crippen LogP) is 5.05. The van der Waals surface area contributed by atoms with Gasteiger partial charge in [-0.1, -0.05) is 6.07 Å². The molecule has 1 heterocycles. The van der Waals surface area contributed by atoms with Gasteiger partial charge in [0, 0.05) is 26.5 Å². The Balaban J connectivity index is 2.10. The smallest absolute Gasteiger partial charge is 0.0487 e. The fourth-order valence-corrected chi connectivity index (χ4v) is 3.39. The van der Waals surface area contributed by atoms with Gasteiger partial charge in [-0.3, -0.25) is 0 Å². The van der Waals surface area contributed by atoms with Crippen LogP contribution in [0.2, 0.25) is 0 Å². The van der Waals surface area contributed by atoms with Crippen molar-refractivity contribution in [1.29, 1.82) is 0 Å². The monoisotopic (exact) mass is 309 g/mol. The molecule has 0 radical (unpaired) electrons. The van der Waals surface area contributed by atoms with Gasteiger partial charge in [-0.2, -0.15) is 0 Å². The molecule has 0 fully saturated rings. The second-order valence-electron chi connectivity index (χ2n) is 4.28. The van der Waals surface area contributed by atoms with Crippen LogP contribution in [0.25, 0.3) is 0 Å². The van der Waals surface area contributed by atoms with Crippen molar-refractivity contribution in [3.63, 3.8) is 0 Å². The van der Waals surface area contributed by atoms with Gasteiger partial charge in [-0.15, -0.1) is 11.3 Å². The average Bonchev–Trinajstić information content (AvgIpc) is 2.56. The van der Waals surface area contributed by atoms with Gasteiger partial charge in [0.25, 0.3) is 0 Å². The summed E-state index contributed by atoms with van der Waals surface area (Å²) in [5.74, 6) is 0. The SMILES string of the molecule is Cc1ccc(NCc2cc(C)sc2C)c(Br)c1. The molecule has 1 aromatic carbocycles. The summed E-state index contributed by atoms with van der Waals surface area (Å²) in [4.78, 5) is 2.78. The molecule has 0 unspecified atom stereocenters. The van der Waals surface area contributed by atoms with Gasteiger partial charge in [0.15, 0.2) is 0 Å². The molecule has 0 bridgehead atoms. The van der Waals surface area contributed by atoms with Crippen LogP contribution in [0.3, 0.4) is 0 Å². The molecule has 0 saturated heterocycles. The molecule has 0 amide bonds. The van der Waals surface area contributed by atoms with Crippen molar-refractivity contribution >= 4 is 33.0 Å². The molecule has 0 aliphatic rings. The highest BCUT2D eigenvalue weighted by atomic mass is 79.9. The molecule has 1 aromatic heterocycles. The van der Waals surface area contributed by atoms with E-state index in [9.17, 15) is 0 Å². The zero-order valence-electron chi connectivity index (χ0n) is 10.3.